The number of halogens is 3. The molecule has 0 spiro atoms. The Morgan fingerprint density at radius 1 is 1.15 bits per heavy atom. The van der Waals surface area contributed by atoms with Gasteiger partial charge in [0.05, 0.1) is 23.0 Å². The largest absolute Gasteiger partial charge is 0.490 e. The van der Waals surface area contributed by atoms with Crippen molar-refractivity contribution in [3.63, 3.8) is 0 Å². The van der Waals surface area contributed by atoms with Gasteiger partial charge in [0.15, 0.2) is 0 Å². The monoisotopic (exact) mass is 461 g/mol. The third-order valence-electron chi connectivity index (χ3n) is 4.56. The summed E-state index contributed by atoms with van der Waals surface area (Å²) in [6.45, 7) is 3.41. The highest BCUT2D eigenvalue weighted by Gasteiger charge is 2.38. The van der Waals surface area contributed by atoms with Crippen molar-refractivity contribution in [3.8, 4) is 6.07 Å². The predicted octanol–water partition coefficient (Wildman–Crippen LogP) is 1.90. The molecule has 3 aromatic rings. The number of aliphatic carboxylic acids is 1. The lowest BCUT2D eigenvalue weighted by Gasteiger charge is -2.27. The third-order valence-corrected chi connectivity index (χ3v) is 4.56. The summed E-state index contributed by atoms with van der Waals surface area (Å²) in [5.41, 5.74) is 2.03. The smallest absolute Gasteiger partial charge is 0.475 e. The lowest BCUT2D eigenvalue weighted by Crippen LogP contribution is -2.44. The van der Waals surface area contributed by atoms with Crippen LogP contribution in [0.4, 0.5) is 24.8 Å². The van der Waals surface area contributed by atoms with Crippen molar-refractivity contribution in [2.24, 2.45) is 0 Å². The first-order chi connectivity index (χ1) is 15.7. The van der Waals surface area contributed by atoms with Gasteiger partial charge in [0.25, 0.3) is 5.91 Å². The molecule has 1 aromatic carbocycles. The molecule has 3 heterocycles. The first-order valence-electron chi connectivity index (χ1n) is 9.61. The number of carbonyl (C=O) groups is 2. The molecule has 0 unspecified atom stereocenters. The van der Waals surface area contributed by atoms with Crippen molar-refractivity contribution in [2.75, 3.05) is 36.4 Å². The summed E-state index contributed by atoms with van der Waals surface area (Å²) >= 11 is 0. The molecule has 1 fully saturated rings. The fourth-order valence-corrected chi connectivity index (χ4v) is 2.95. The molecule has 10 nitrogen and oxygen atoms in total. The van der Waals surface area contributed by atoms with Gasteiger partial charge in [-0.3, -0.25) is 4.79 Å². The Kier molecular flexibility index (Phi) is 7.09. The van der Waals surface area contributed by atoms with Crippen molar-refractivity contribution >= 4 is 29.0 Å². The van der Waals surface area contributed by atoms with Gasteiger partial charge in [0.2, 0.25) is 5.95 Å². The minimum absolute atomic E-state index is 0.322. The molecule has 0 bridgehead atoms. The van der Waals surface area contributed by atoms with E-state index in [2.05, 4.69) is 31.7 Å². The molecule has 13 heteroatoms. The number of amides is 1. The summed E-state index contributed by atoms with van der Waals surface area (Å²) in [6, 6.07) is 12.5. The number of alkyl halides is 3. The number of anilines is 2. The second-order valence-corrected chi connectivity index (χ2v) is 6.76. The van der Waals surface area contributed by atoms with Crippen molar-refractivity contribution < 1.29 is 27.9 Å². The summed E-state index contributed by atoms with van der Waals surface area (Å²) < 4.78 is 33.3. The fraction of sp³-hybridized carbons (Fsp3) is 0.250. The molecular weight excluding hydrogens is 443 g/mol. The maximum Gasteiger partial charge on any atom is 0.490 e. The normalized spacial score (nSPS) is 13.6. The van der Waals surface area contributed by atoms with Gasteiger partial charge in [-0.2, -0.15) is 18.4 Å². The minimum Gasteiger partial charge on any atom is -0.475 e. The molecule has 1 saturated heterocycles. The second-order valence-electron chi connectivity index (χ2n) is 6.76. The third kappa shape index (κ3) is 5.74. The SMILES string of the molecule is N#Cc1ccccc1NC(=O)c1ccc2cnc(N3CCNCC3)nn12.O=C(O)C(F)(F)F. The lowest BCUT2D eigenvalue weighted by molar-refractivity contribution is -0.192. The summed E-state index contributed by atoms with van der Waals surface area (Å²) in [6.07, 6.45) is -3.37. The average molecular weight is 461 g/mol. The molecule has 0 saturated carbocycles. The first-order valence-corrected chi connectivity index (χ1v) is 9.61. The highest BCUT2D eigenvalue weighted by Crippen LogP contribution is 2.17. The summed E-state index contributed by atoms with van der Waals surface area (Å²) in [5, 5.41) is 26.9. The molecule has 1 aliphatic rings. The maximum atomic E-state index is 12.7. The van der Waals surface area contributed by atoms with Crippen LogP contribution in [0.2, 0.25) is 0 Å². The molecular formula is C20H18F3N7O3. The Balaban J connectivity index is 0.000000383. The van der Waals surface area contributed by atoms with Crippen LogP contribution in [-0.4, -0.2) is 63.9 Å². The number of hydrogen-bond donors (Lipinski definition) is 3. The van der Waals surface area contributed by atoms with E-state index in [-0.39, 0.29) is 5.91 Å². The van der Waals surface area contributed by atoms with Crippen LogP contribution in [0.5, 0.6) is 0 Å². The van der Waals surface area contributed by atoms with Crippen LogP contribution in [0.25, 0.3) is 5.52 Å². The van der Waals surface area contributed by atoms with Gasteiger partial charge in [0.1, 0.15) is 11.8 Å². The van der Waals surface area contributed by atoms with E-state index in [0.29, 0.717) is 22.9 Å². The highest BCUT2D eigenvalue weighted by molar-refractivity contribution is 6.04. The Morgan fingerprint density at radius 3 is 2.45 bits per heavy atom. The van der Waals surface area contributed by atoms with E-state index in [0.717, 1.165) is 31.7 Å². The van der Waals surface area contributed by atoms with Crippen molar-refractivity contribution in [1.82, 2.24) is 19.9 Å². The number of benzene rings is 1. The Labute approximate surface area is 185 Å². The summed E-state index contributed by atoms with van der Waals surface area (Å²) in [4.78, 5) is 28.1. The number of carboxylic acids is 1. The zero-order chi connectivity index (χ0) is 24.0. The molecule has 3 N–H and O–H groups in total. The highest BCUT2D eigenvalue weighted by atomic mass is 19.4. The molecule has 1 aliphatic heterocycles. The van der Waals surface area contributed by atoms with Gasteiger partial charge in [-0.25, -0.2) is 14.3 Å². The number of rotatable bonds is 3. The number of piperazine rings is 1. The predicted molar refractivity (Wildman–Crippen MR) is 111 cm³/mol. The van der Waals surface area contributed by atoms with Crippen LogP contribution < -0.4 is 15.5 Å². The van der Waals surface area contributed by atoms with Gasteiger partial charge < -0.3 is 20.6 Å². The van der Waals surface area contributed by atoms with E-state index in [9.17, 15) is 23.2 Å². The molecule has 1 amide bonds. The number of nitrogens with one attached hydrogen (secondary N) is 2. The number of nitrogens with zero attached hydrogens (tertiary/aromatic N) is 5. The van der Waals surface area contributed by atoms with Crippen LogP contribution in [0.3, 0.4) is 0 Å². The Morgan fingerprint density at radius 2 is 1.82 bits per heavy atom. The summed E-state index contributed by atoms with van der Waals surface area (Å²) in [5.74, 6) is -2.48. The number of hydrogen-bond acceptors (Lipinski definition) is 7. The Hall–Kier alpha value is -4.18. The maximum absolute atomic E-state index is 12.7. The van der Waals surface area contributed by atoms with Gasteiger partial charge in [0, 0.05) is 26.2 Å². The van der Waals surface area contributed by atoms with Crippen molar-refractivity contribution in [3.05, 3.63) is 53.9 Å². The van der Waals surface area contributed by atoms with Gasteiger partial charge in [-0.1, -0.05) is 12.1 Å². The molecule has 0 radical (unpaired) electrons. The molecule has 2 aromatic heterocycles. The second kappa shape index (κ2) is 9.96. The van der Waals surface area contributed by atoms with Gasteiger partial charge in [-0.05, 0) is 24.3 Å². The Bertz CT molecular complexity index is 1200. The van der Waals surface area contributed by atoms with Gasteiger partial charge in [-0.15, -0.1) is 5.10 Å². The zero-order valence-corrected chi connectivity index (χ0v) is 17.0. The standard InChI is InChI=1S/C18H17N7O.C2HF3O2/c19-11-13-3-1-2-4-15(13)22-17(26)16-6-5-14-12-21-18(23-25(14)16)24-9-7-20-8-10-24;3-2(4,5)1(6)7/h1-6,12,20H,7-10H2,(H,22,26);(H,6,7). The molecule has 0 atom stereocenters. The van der Waals surface area contributed by atoms with E-state index in [1.165, 1.54) is 0 Å². The topological polar surface area (TPSA) is 136 Å². The number of nitriles is 1. The van der Waals surface area contributed by atoms with E-state index >= 15 is 0 Å². The molecule has 0 aliphatic carbocycles. The quantitative estimate of drug-likeness (QED) is 0.538. The van der Waals surface area contributed by atoms with Crippen LogP contribution in [0, 0.1) is 11.3 Å². The van der Waals surface area contributed by atoms with Crippen LogP contribution in [-0.2, 0) is 4.79 Å². The number of aromatic nitrogens is 3. The number of carbonyl (C=O) groups excluding carboxylic acids is 1. The first kappa shape index (κ1) is 23.5. The van der Waals surface area contributed by atoms with Gasteiger partial charge >= 0.3 is 12.1 Å². The molecule has 33 heavy (non-hydrogen) atoms. The van der Waals surface area contributed by atoms with Crippen LogP contribution in [0.15, 0.2) is 42.6 Å². The van der Waals surface area contributed by atoms with E-state index in [4.69, 9.17) is 9.90 Å². The number of para-hydroxylation sites is 1. The molecule has 4 rings (SSSR count). The van der Waals surface area contributed by atoms with E-state index in [1.807, 2.05) is 0 Å². The van der Waals surface area contributed by atoms with Crippen LogP contribution in [0.1, 0.15) is 16.1 Å². The average Bonchev–Trinajstić information content (AvgIpc) is 3.23. The fourth-order valence-electron chi connectivity index (χ4n) is 2.95. The zero-order valence-electron chi connectivity index (χ0n) is 17.0. The van der Waals surface area contributed by atoms with Crippen molar-refractivity contribution in [2.45, 2.75) is 6.18 Å². The minimum atomic E-state index is -5.08. The van der Waals surface area contributed by atoms with E-state index < -0.39 is 12.1 Å². The van der Waals surface area contributed by atoms with Crippen LogP contribution >= 0.6 is 0 Å². The molecule has 172 valence electrons. The number of carboxylic acid groups (broad SMARTS) is 1. The van der Waals surface area contributed by atoms with Crippen molar-refractivity contribution in [1.29, 1.82) is 5.26 Å². The van der Waals surface area contributed by atoms with E-state index in [1.54, 1.807) is 47.1 Å². The number of fused-ring (bicyclic) bond motifs is 1. The summed E-state index contributed by atoms with van der Waals surface area (Å²) in [7, 11) is 0. The lowest BCUT2D eigenvalue weighted by atomic mass is 10.2.